The normalized spacial score (nSPS) is 18.6. The number of carboxylic acids is 1. The molecule has 1 aliphatic heterocycles. The van der Waals surface area contributed by atoms with Crippen LogP contribution in [0, 0.1) is 19.8 Å². The fourth-order valence-corrected chi connectivity index (χ4v) is 2.83. The van der Waals surface area contributed by atoms with Crippen LogP contribution in [0.15, 0.2) is 0 Å². The Morgan fingerprint density at radius 3 is 2.70 bits per heavy atom. The van der Waals surface area contributed by atoms with Gasteiger partial charge in [0.25, 0.3) is 5.91 Å². The third-order valence-corrected chi connectivity index (χ3v) is 3.84. The van der Waals surface area contributed by atoms with Crippen molar-refractivity contribution in [3.8, 4) is 0 Å². The van der Waals surface area contributed by atoms with Gasteiger partial charge in [0, 0.05) is 31.8 Å². The van der Waals surface area contributed by atoms with Crippen molar-refractivity contribution in [2.45, 2.75) is 20.3 Å². The van der Waals surface area contributed by atoms with E-state index in [9.17, 15) is 9.59 Å². The number of carboxylic acid groups (broad SMARTS) is 1. The van der Waals surface area contributed by atoms with Crippen LogP contribution in [0.1, 0.15) is 38.5 Å². The summed E-state index contributed by atoms with van der Waals surface area (Å²) in [5, 5.41) is 9.09. The van der Waals surface area contributed by atoms with Gasteiger partial charge in [-0.25, -0.2) is 4.79 Å². The fraction of sp³-hybridized carbons (Fsp3) is 0.571. The summed E-state index contributed by atoms with van der Waals surface area (Å²) >= 11 is 0. The van der Waals surface area contributed by atoms with Crippen LogP contribution in [0.2, 0.25) is 0 Å². The molecule has 0 spiro atoms. The minimum absolute atomic E-state index is 0.0950. The number of aryl methyl sites for hydroxylation is 1. The summed E-state index contributed by atoms with van der Waals surface area (Å²) in [4.78, 5) is 28.2. The average molecular weight is 280 g/mol. The predicted octanol–water partition coefficient (Wildman–Crippen LogP) is 1.44. The largest absolute Gasteiger partial charge is 0.477 e. The lowest BCUT2D eigenvalue weighted by molar-refractivity contribution is 0.0690. The molecule has 0 bridgehead atoms. The number of nitrogens with one attached hydrogen (secondary N) is 1. The van der Waals surface area contributed by atoms with Gasteiger partial charge in [-0.05, 0) is 25.8 Å². The van der Waals surface area contributed by atoms with Crippen molar-refractivity contribution < 1.29 is 19.4 Å². The van der Waals surface area contributed by atoms with E-state index in [1.54, 1.807) is 25.9 Å². The topological polar surface area (TPSA) is 82.6 Å². The van der Waals surface area contributed by atoms with Crippen LogP contribution in [0.3, 0.4) is 0 Å². The fourth-order valence-electron chi connectivity index (χ4n) is 2.83. The first kappa shape index (κ1) is 14.6. The molecule has 6 heteroatoms. The maximum Gasteiger partial charge on any atom is 0.352 e. The van der Waals surface area contributed by atoms with Crippen molar-refractivity contribution in [3.63, 3.8) is 0 Å². The number of ether oxygens (including phenoxy) is 1. The Balaban J connectivity index is 2.20. The number of likely N-dealkylation sites (tertiary alicyclic amines) is 1. The van der Waals surface area contributed by atoms with E-state index in [0.29, 0.717) is 42.4 Å². The van der Waals surface area contributed by atoms with E-state index < -0.39 is 5.97 Å². The first-order valence-corrected chi connectivity index (χ1v) is 6.66. The van der Waals surface area contributed by atoms with Gasteiger partial charge in [-0.15, -0.1) is 0 Å². The van der Waals surface area contributed by atoms with Crippen LogP contribution in [-0.2, 0) is 4.74 Å². The molecule has 1 saturated heterocycles. The molecule has 1 aliphatic rings. The second-order valence-electron chi connectivity index (χ2n) is 5.29. The molecule has 2 heterocycles. The smallest absolute Gasteiger partial charge is 0.352 e. The second-order valence-corrected chi connectivity index (χ2v) is 5.29. The molecule has 0 saturated carbocycles. The van der Waals surface area contributed by atoms with Gasteiger partial charge in [-0.3, -0.25) is 4.79 Å². The van der Waals surface area contributed by atoms with Crippen LogP contribution in [0.5, 0.6) is 0 Å². The molecule has 1 aromatic rings. The van der Waals surface area contributed by atoms with Gasteiger partial charge in [-0.1, -0.05) is 0 Å². The molecule has 110 valence electrons. The van der Waals surface area contributed by atoms with Crippen LogP contribution < -0.4 is 0 Å². The first-order valence-electron chi connectivity index (χ1n) is 6.66. The number of aromatic amines is 1. The molecule has 1 aromatic heterocycles. The number of H-pyrrole nitrogens is 1. The molecular formula is C14H20N2O4. The number of aromatic carboxylic acids is 1. The number of carbonyl (C=O) groups excluding carboxylic acids is 1. The Morgan fingerprint density at radius 1 is 1.45 bits per heavy atom. The van der Waals surface area contributed by atoms with Gasteiger partial charge in [0.2, 0.25) is 0 Å². The summed E-state index contributed by atoms with van der Waals surface area (Å²) in [6, 6.07) is 0. The van der Waals surface area contributed by atoms with Crippen LogP contribution in [0.4, 0.5) is 0 Å². The number of aromatic nitrogens is 1. The van der Waals surface area contributed by atoms with Gasteiger partial charge in [-0.2, -0.15) is 0 Å². The van der Waals surface area contributed by atoms with E-state index in [2.05, 4.69) is 4.98 Å². The van der Waals surface area contributed by atoms with Crippen molar-refractivity contribution in [1.29, 1.82) is 0 Å². The van der Waals surface area contributed by atoms with Gasteiger partial charge in [0.15, 0.2) is 0 Å². The number of rotatable bonds is 4. The average Bonchev–Trinajstić information content (AvgIpc) is 2.95. The summed E-state index contributed by atoms with van der Waals surface area (Å²) in [5.74, 6) is -0.770. The lowest BCUT2D eigenvalue weighted by Gasteiger charge is -2.17. The Bertz CT molecular complexity index is 536. The molecule has 6 nitrogen and oxygen atoms in total. The maximum absolute atomic E-state index is 12.5. The minimum atomic E-state index is -1.04. The first-order chi connectivity index (χ1) is 9.45. The molecule has 0 radical (unpaired) electrons. The molecule has 0 aromatic carbocycles. The highest BCUT2D eigenvalue weighted by atomic mass is 16.5. The van der Waals surface area contributed by atoms with Crippen molar-refractivity contribution in [2.24, 2.45) is 5.92 Å². The molecule has 20 heavy (non-hydrogen) atoms. The zero-order chi connectivity index (χ0) is 14.9. The highest BCUT2D eigenvalue weighted by molar-refractivity contribution is 6.00. The molecule has 1 fully saturated rings. The number of hydrogen-bond donors (Lipinski definition) is 2. The monoisotopic (exact) mass is 280 g/mol. The van der Waals surface area contributed by atoms with Gasteiger partial charge in [0.1, 0.15) is 5.69 Å². The van der Waals surface area contributed by atoms with Gasteiger partial charge >= 0.3 is 5.97 Å². The Hall–Kier alpha value is -1.82. The summed E-state index contributed by atoms with van der Waals surface area (Å²) < 4.78 is 5.12. The number of carbonyl (C=O) groups is 2. The van der Waals surface area contributed by atoms with Gasteiger partial charge < -0.3 is 19.7 Å². The zero-order valence-electron chi connectivity index (χ0n) is 12.0. The van der Waals surface area contributed by atoms with Crippen LogP contribution >= 0.6 is 0 Å². The van der Waals surface area contributed by atoms with Crippen molar-refractivity contribution in [2.75, 3.05) is 26.8 Å². The lowest BCUT2D eigenvalue weighted by Crippen LogP contribution is -2.30. The third kappa shape index (κ3) is 2.56. The number of hydrogen-bond acceptors (Lipinski definition) is 3. The molecule has 2 rings (SSSR count). The Kier molecular flexibility index (Phi) is 4.13. The van der Waals surface area contributed by atoms with E-state index in [0.717, 1.165) is 6.42 Å². The molecule has 0 aliphatic carbocycles. The second kappa shape index (κ2) is 5.66. The molecule has 1 unspecified atom stereocenters. The standard InChI is InChI=1S/C14H20N2O4/c1-8-11(9(2)15-12(8)14(18)19)13(17)16-5-4-10(6-16)7-20-3/h10,15H,4-7H2,1-3H3,(H,18,19). The number of nitrogens with zero attached hydrogens (tertiary/aromatic N) is 1. The predicted molar refractivity (Wildman–Crippen MR) is 73.1 cm³/mol. The maximum atomic E-state index is 12.5. The van der Waals surface area contributed by atoms with E-state index in [-0.39, 0.29) is 11.6 Å². The number of methoxy groups -OCH3 is 1. The van der Waals surface area contributed by atoms with E-state index in [4.69, 9.17) is 9.84 Å². The molecule has 1 atom stereocenters. The summed E-state index contributed by atoms with van der Waals surface area (Å²) in [6.45, 7) is 5.41. The highest BCUT2D eigenvalue weighted by Crippen LogP contribution is 2.24. The SMILES string of the molecule is COCC1CCN(C(=O)c2c(C)[nH]c(C(=O)O)c2C)C1. The molecule has 1 amide bonds. The quantitative estimate of drug-likeness (QED) is 0.874. The highest BCUT2D eigenvalue weighted by Gasteiger charge is 2.30. The molecular weight excluding hydrogens is 260 g/mol. The number of amides is 1. The summed E-state index contributed by atoms with van der Waals surface area (Å²) in [6.07, 6.45) is 0.924. The zero-order valence-corrected chi connectivity index (χ0v) is 12.0. The Labute approximate surface area is 117 Å². The lowest BCUT2D eigenvalue weighted by atomic mass is 10.1. The van der Waals surface area contributed by atoms with Crippen molar-refractivity contribution in [3.05, 3.63) is 22.5 Å². The van der Waals surface area contributed by atoms with E-state index in [1.807, 2.05) is 0 Å². The third-order valence-electron chi connectivity index (χ3n) is 3.84. The Morgan fingerprint density at radius 2 is 2.15 bits per heavy atom. The van der Waals surface area contributed by atoms with Crippen molar-refractivity contribution in [1.82, 2.24) is 9.88 Å². The van der Waals surface area contributed by atoms with E-state index in [1.165, 1.54) is 0 Å². The molecule has 2 N–H and O–H groups in total. The van der Waals surface area contributed by atoms with Crippen LogP contribution in [0.25, 0.3) is 0 Å². The van der Waals surface area contributed by atoms with E-state index >= 15 is 0 Å². The minimum Gasteiger partial charge on any atom is -0.477 e. The summed E-state index contributed by atoms with van der Waals surface area (Å²) in [5.41, 5.74) is 1.70. The van der Waals surface area contributed by atoms with Crippen molar-refractivity contribution >= 4 is 11.9 Å². The van der Waals surface area contributed by atoms with Crippen LogP contribution in [-0.4, -0.2) is 53.7 Å². The summed E-state index contributed by atoms with van der Waals surface area (Å²) in [7, 11) is 1.66. The van der Waals surface area contributed by atoms with Gasteiger partial charge in [0.05, 0.1) is 12.2 Å².